The van der Waals surface area contributed by atoms with E-state index in [0.29, 0.717) is 12.0 Å². The van der Waals surface area contributed by atoms with Gasteiger partial charge in [0.25, 0.3) is 0 Å². The molecule has 0 aliphatic heterocycles. The van der Waals surface area contributed by atoms with Gasteiger partial charge < -0.3 is 14.2 Å². The van der Waals surface area contributed by atoms with Crippen molar-refractivity contribution in [3.8, 4) is 0 Å². The summed E-state index contributed by atoms with van der Waals surface area (Å²) in [6, 6.07) is 8.94. The third-order valence-corrected chi connectivity index (χ3v) is 4.10. The van der Waals surface area contributed by atoms with E-state index in [1.807, 2.05) is 13.0 Å². The van der Waals surface area contributed by atoms with Crippen molar-refractivity contribution in [3.63, 3.8) is 0 Å². The second kappa shape index (κ2) is 10.8. The number of ether oxygens (including phenoxy) is 3. The second-order valence-corrected chi connectivity index (χ2v) is 5.77. The molecule has 0 radical (unpaired) electrons. The van der Waals surface area contributed by atoms with Crippen molar-refractivity contribution in [2.24, 2.45) is 5.41 Å². The summed E-state index contributed by atoms with van der Waals surface area (Å²) in [5.74, 6) is -1.92. The lowest BCUT2D eigenvalue weighted by Crippen LogP contribution is -2.41. The number of hydrogen-bond donors (Lipinski definition) is 0. The fourth-order valence-electron chi connectivity index (χ4n) is 2.47. The maximum Gasteiger partial charge on any atom is 0.330 e. The first-order valence-corrected chi connectivity index (χ1v) is 8.38. The molecular weight excluding hydrogens is 348 g/mol. The summed E-state index contributed by atoms with van der Waals surface area (Å²) in [5, 5.41) is 0. The predicted octanol–water partition coefficient (Wildman–Crippen LogP) is 3.31. The fraction of sp³-hybridized carbons (Fsp3) is 0.286. The van der Waals surface area contributed by atoms with E-state index in [4.69, 9.17) is 14.2 Å². The highest BCUT2D eigenvalue weighted by Crippen LogP contribution is 2.41. The molecule has 6 nitrogen and oxygen atoms in total. The van der Waals surface area contributed by atoms with E-state index in [-0.39, 0.29) is 13.2 Å². The van der Waals surface area contributed by atoms with Gasteiger partial charge in [-0.1, -0.05) is 57.0 Å². The van der Waals surface area contributed by atoms with Crippen LogP contribution in [-0.4, -0.2) is 31.1 Å². The molecule has 0 spiro atoms. The average molecular weight is 372 g/mol. The number of hydrogen-bond acceptors (Lipinski definition) is 6. The number of carbonyl (C=O) groups is 3. The van der Waals surface area contributed by atoms with Gasteiger partial charge in [-0.2, -0.15) is 0 Å². The van der Waals surface area contributed by atoms with Crippen LogP contribution in [-0.2, 0) is 28.6 Å². The van der Waals surface area contributed by atoms with Crippen LogP contribution in [0.4, 0.5) is 0 Å². The van der Waals surface area contributed by atoms with Crippen LogP contribution in [0.25, 0.3) is 0 Å². The minimum absolute atomic E-state index is 0.150. The smallest absolute Gasteiger partial charge is 0.330 e. The monoisotopic (exact) mass is 372 g/mol. The van der Waals surface area contributed by atoms with Gasteiger partial charge in [0.05, 0.1) is 5.41 Å². The lowest BCUT2D eigenvalue weighted by molar-refractivity contribution is -0.168. The van der Waals surface area contributed by atoms with E-state index in [0.717, 1.165) is 18.2 Å². The van der Waals surface area contributed by atoms with E-state index >= 15 is 0 Å². The largest absolute Gasteiger partial charge is 0.462 e. The highest BCUT2D eigenvalue weighted by molar-refractivity contribution is 5.82. The fourth-order valence-corrected chi connectivity index (χ4v) is 2.47. The van der Waals surface area contributed by atoms with Gasteiger partial charge in [-0.15, -0.1) is 0 Å². The Morgan fingerprint density at radius 2 is 1.41 bits per heavy atom. The maximum atomic E-state index is 12.0. The summed E-state index contributed by atoms with van der Waals surface area (Å²) in [7, 11) is 0. The molecule has 0 amide bonds. The first-order chi connectivity index (χ1) is 12.9. The second-order valence-electron chi connectivity index (χ2n) is 5.77. The van der Waals surface area contributed by atoms with Crippen molar-refractivity contribution in [3.05, 3.63) is 73.9 Å². The molecule has 0 aliphatic rings. The molecule has 0 bridgehead atoms. The van der Waals surface area contributed by atoms with Crippen LogP contribution in [0.5, 0.6) is 0 Å². The molecule has 0 aromatic heterocycles. The Morgan fingerprint density at radius 1 is 0.926 bits per heavy atom. The molecule has 0 heterocycles. The zero-order valence-electron chi connectivity index (χ0n) is 15.4. The Hall–Kier alpha value is -3.15. The molecule has 1 aromatic rings. The van der Waals surface area contributed by atoms with E-state index in [1.165, 1.54) is 0 Å². The van der Waals surface area contributed by atoms with Crippen molar-refractivity contribution in [2.45, 2.75) is 19.4 Å². The molecule has 0 saturated carbocycles. The topological polar surface area (TPSA) is 78.9 Å². The van der Waals surface area contributed by atoms with E-state index < -0.39 is 29.4 Å². The third-order valence-electron chi connectivity index (χ3n) is 4.10. The molecule has 0 N–H and O–H groups in total. The number of esters is 3. The predicted molar refractivity (Wildman–Crippen MR) is 101 cm³/mol. The summed E-state index contributed by atoms with van der Waals surface area (Å²) < 4.78 is 16.1. The van der Waals surface area contributed by atoms with E-state index in [9.17, 15) is 14.4 Å². The van der Waals surface area contributed by atoms with Gasteiger partial charge >= 0.3 is 17.9 Å². The van der Waals surface area contributed by atoms with Gasteiger partial charge in [0, 0.05) is 18.2 Å². The van der Waals surface area contributed by atoms with Crippen LogP contribution >= 0.6 is 0 Å². The van der Waals surface area contributed by atoms with Crippen LogP contribution in [0.1, 0.15) is 25.0 Å². The molecule has 0 fully saturated rings. The highest BCUT2D eigenvalue weighted by atomic mass is 16.6. The molecule has 1 unspecified atom stereocenters. The third kappa shape index (κ3) is 6.26. The van der Waals surface area contributed by atoms with Crippen LogP contribution in [0, 0.1) is 5.41 Å². The minimum atomic E-state index is -1.02. The lowest BCUT2D eigenvalue weighted by Gasteiger charge is -2.38. The summed E-state index contributed by atoms with van der Waals surface area (Å²) in [4.78, 5) is 35.2. The molecule has 1 rings (SSSR count). The van der Waals surface area contributed by atoms with Gasteiger partial charge in [0.1, 0.15) is 19.3 Å². The zero-order valence-corrected chi connectivity index (χ0v) is 15.4. The van der Waals surface area contributed by atoms with E-state index in [1.54, 1.807) is 24.3 Å². The summed E-state index contributed by atoms with van der Waals surface area (Å²) in [6.45, 7) is 11.7. The lowest BCUT2D eigenvalue weighted by atomic mass is 9.77. The normalized spacial score (nSPS) is 11.6. The molecule has 1 atom stereocenters. The quantitative estimate of drug-likeness (QED) is 0.337. The molecule has 1 aromatic carbocycles. The molecule has 6 heteroatoms. The SMILES string of the molecule is C=CC(=O)OCC(CC)(COC(=O)C=C)C(OC(=O)C=C)c1ccccc1. The number of benzene rings is 1. The Morgan fingerprint density at radius 3 is 1.81 bits per heavy atom. The van der Waals surface area contributed by atoms with Crippen LogP contribution in [0.3, 0.4) is 0 Å². The standard InChI is InChI=1S/C21H24O6/c1-5-17(22)25-14-21(8-4,15-26-18(23)6-2)20(27-19(24)7-3)16-12-10-9-11-13-16/h5-7,9-13,20H,1-3,8,14-15H2,4H3. The Bertz CT molecular complexity index is 668. The van der Waals surface area contributed by atoms with Crippen molar-refractivity contribution in [1.29, 1.82) is 0 Å². The zero-order chi connectivity index (χ0) is 20.3. The van der Waals surface area contributed by atoms with Gasteiger partial charge in [-0.3, -0.25) is 0 Å². The van der Waals surface area contributed by atoms with E-state index in [2.05, 4.69) is 19.7 Å². The summed E-state index contributed by atoms with van der Waals surface area (Å²) in [6.07, 6.45) is 2.64. The van der Waals surface area contributed by atoms with Gasteiger partial charge in [0.15, 0.2) is 0 Å². The van der Waals surface area contributed by atoms with Crippen molar-refractivity contribution in [1.82, 2.24) is 0 Å². The van der Waals surface area contributed by atoms with Crippen molar-refractivity contribution in [2.75, 3.05) is 13.2 Å². The maximum absolute atomic E-state index is 12.0. The number of carbonyl (C=O) groups excluding carboxylic acids is 3. The Labute approximate surface area is 159 Å². The van der Waals surface area contributed by atoms with Gasteiger partial charge in [0.2, 0.25) is 0 Å². The highest BCUT2D eigenvalue weighted by Gasteiger charge is 2.43. The van der Waals surface area contributed by atoms with Gasteiger partial charge in [-0.25, -0.2) is 14.4 Å². The van der Waals surface area contributed by atoms with Gasteiger partial charge in [-0.05, 0) is 12.0 Å². The molecule has 0 saturated heterocycles. The van der Waals surface area contributed by atoms with Crippen molar-refractivity contribution < 1.29 is 28.6 Å². The minimum Gasteiger partial charge on any atom is -0.462 e. The Kier molecular flexibility index (Phi) is 8.72. The van der Waals surface area contributed by atoms with Crippen LogP contribution < -0.4 is 0 Å². The summed E-state index contributed by atoms with van der Waals surface area (Å²) >= 11 is 0. The first kappa shape index (κ1) is 21.9. The average Bonchev–Trinajstić information content (AvgIpc) is 2.72. The molecule has 27 heavy (non-hydrogen) atoms. The van der Waals surface area contributed by atoms with Crippen molar-refractivity contribution >= 4 is 17.9 Å². The molecular formula is C21H24O6. The molecule has 144 valence electrons. The summed E-state index contributed by atoms with van der Waals surface area (Å²) in [5.41, 5.74) is -0.351. The number of rotatable bonds is 11. The Balaban J connectivity index is 3.35. The molecule has 0 aliphatic carbocycles. The van der Waals surface area contributed by atoms with Crippen LogP contribution in [0.2, 0.25) is 0 Å². The van der Waals surface area contributed by atoms with Crippen LogP contribution in [0.15, 0.2) is 68.3 Å². The first-order valence-electron chi connectivity index (χ1n) is 8.38.